The van der Waals surface area contributed by atoms with Crippen LogP contribution in [0.3, 0.4) is 0 Å². The Kier molecular flexibility index (Phi) is 3.93. The van der Waals surface area contributed by atoms with Gasteiger partial charge in [0.1, 0.15) is 0 Å². The average Bonchev–Trinajstić information content (AvgIpc) is 2.82. The molecule has 0 aliphatic rings. The third-order valence-corrected chi connectivity index (χ3v) is 4.86. The molecule has 4 N–H and O–H groups in total. The van der Waals surface area contributed by atoms with E-state index in [0.717, 1.165) is 10.0 Å². The Morgan fingerprint density at radius 2 is 2.21 bits per heavy atom. The highest BCUT2D eigenvalue weighted by Gasteiger charge is 2.20. The van der Waals surface area contributed by atoms with Gasteiger partial charge in [0.25, 0.3) is 10.0 Å². The summed E-state index contributed by atoms with van der Waals surface area (Å²) in [6.07, 6.45) is 1.40. The molecule has 0 fully saturated rings. The van der Waals surface area contributed by atoms with E-state index in [4.69, 9.17) is 5.73 Å². The predicted octanol–water partition coefficient (Wildman–Crippen LogP) is 1.74. The molecule has 1 aromatic carbocycles. The van der Waals surface area contributed by atoms with Crippen molar-refractivity contribution in [1.82, 2.24) is 10.2 Å². The molecule has 0 saturated heterocycles. The lowest BCUT2D eigenvalue weighted by molar-refractivity contribution is 0.596. The first kappa shape index (κ1) is 14.0. The topological polar surface area (TPSA) is 101 Å². The largest absolute Gasteiger partial charge is 0.326 e. The van der Waals surface area contributed by atoms with E-state index in [9.17, 15) is 8.42 Å². The number of sulfonamides is 1. The van der Waals surface area contributed by atoms with E-state index in [1.54, 1.807) is 18.2 Å². The van der Waals surface area contributed by atoms with Crippen molar-refractivity contribution in [3.8, 4) is 0 Å². The minimum absolute atomic E-state index is 0.00410. The van der Waals surface area contributed by atoms with Crippen LogP contribution in [0.25, 0.3) is 0 Å². The van der Waals surface area contributed by atoms with Crippen LogP contribution < -0.4 is 10.5 Å². The summed E-state index contributed by atoms with van der Waals surface area (Å²) < 4.78 is 27.8. The fourth-order valence-electron chi connectivity index (χ4n) is 1.59. The molecule has 0 unspecified atom stereocenters. The van der Waals surface area contributed by atoms with Crippen LogP contribution in [0.5, 0.6) is 0 Å². The number of nitrogens with one attached hydrogen (secondary N) is 2. The van der Waals surface area contributed by atoms with Crippen molar-refractivity contribution in [3.05, 3.63) is 40.0 Å². The van der Waals surface area contributed by atoms with Crippen LogP contribution in [0.4, 0.5) is 5.69 Å². The molecule has 0 spiro atoms. The standard InChI is InChI=1S/C11H13BrN4O2S/c1-7-4-9(2-3-10(7)12)16-19(17,18)11-8(5-13)6-14-15-11/h2-4,6,16H,5,13H2,1H3,(H,14,15). The van der Waals surface area contributed by atoms with Crippen molar-refractivity contribution in [2.75, 3.05) is 4.72 Å². The molecule has 2 rings (SSSR count). The molecule has 0 aliphatic heterocycles. The van der Waals surface area contributed by atoms with Gasteiger partial charge in [-0.15, -0.1) is 0 Å². The normalized spacial score (nSPS) is 11.5. The smallest absolute Gasteiger partial charge is 0.279 e. The molecule has 0 amide bonds. The van der Waals surface area contributed by atoms with Gasteiger partial charge in [-0.1, -0.05) is 15.9 Å². The van der Waals surface area contributed by atoms with Crippen LogP contribution in [0.1, 0.15) is 11.1 Å². The van der Waals surface area contributed by atoms with E-state index in [2.05, 4.69) is 30.8 Å². The minimum atomic E-state index is -3.71. The van der Waals surface area contributed by atoms with Gasteiger partial charge in [-0.25, -0.2) is 0 Å². The van der Waals surface area contributed by atoms with Gasteiger partial charge in [0, 0.05) is 22.3 Å². The number of halogens is 1. The summed E-state index contributed by atoms with van der Waals surface area (Å²) in [5.41, 5.74) is 7.34. The highest BCUT2D eigenvalue weighted by molar-refractivity contribution is 9.10. The molecule has 0 bridgehead atoms. The molecule has 0 atom stereocenters. The molecule has 0 radical (unpaired) electrons. The third-order valence-electron chi connectivity index (χ3n) is 2.58. The second-order valence-corrected chi connectivity index (χ2v) is 6.47. The molecule has 19 heavy (non-hydrogen) atoms. The molecule has 0 saturated carbocycles. The van der Waals surface area contributed by atoms with Gasteiger partial charge in [-0.2, -0.15) is 13.5 Å². The lowest BCUT2D eigenvalue weighted by atomic mass is 10.2. The van der Waals surface area contributed by atoms with Gasteiger partial charge >= 0.3 is 0 Å². The zero-order chi connectivity index (χ0) is 14.0. The maximum atomic E-state index is 12.2. The van der Waals surface area contributed by atoms with Gasteiger partial charge < -0.3 is 5.73 Å². The zero-order valence-corrected chi connectivity index (χ0v) is 12.5. The number of aromatic amines is 1. The van der Waals surface area contributed by atoms with E-state index >= 15 is 0 Å². The van der Waals surface area contributed by atoms with Gasteiger partial charge in [0.15, 0.2) is 5.03 Å². The molecular formula is C11H13BrN4O2S. The van der Waals surface area contributed by atoms with Crippen LogP contribution in [0.2, 0.25) is 0 Å². The summed E-state index contributed by atoms with van der Waals surface area (Å²) >= 11 is 3.36. The Balaban J connectivity index is 2.34. The quantitative estimate of drug-likeness (QED) is 0.786. The number of hydrogen-bond donors (Lipinski definition) is 3. The summed E-state index contributed by atoms with van der Waals surface area (Å²) in [5.74, 6) is 0. The third kappa shape index (κ3) is 2.96. The number of rotatable bonds is 4. The Morgan fingerprint density at radius 1 is 1.47 bits per heavy atom. The number of anilines is 1. The summed E-state index contributed by atoms with van der Waals surface area (Å²) in [7, 11) is -3.71. The predicted molar refractivity (Wildman–Crippen MR) is 76.2 cm³/mol. The van der Waals surface area contributed by atoms with Crippen LogP contribution in [0, 0.1) is 6.92 Å². The van der Waals surface area contributed by atoms with E-state index in [1.165, 1.54) is 6.20 Å². The number of aromatic nitrogens is 2. The Hall–Kier alpha value is -1.38. The van der Waals surface area contributed by atoms with E-state index < -0.39 is 10.0 Å². The van der Waals surface area contributed by atoms with Crippen molar-refractivity contribution in [3.63, 3.8) is 0 Å². The summed E-state index contributed by atoms with van der Waals surface area (Å²) in [4.78, 5) is 0. The number of aryl methyl sites for hydroxylation is 1. The van der Waals surface area contributed by atoms with Gasteiger partial charge in [-0.05, 0) is 30.7 Å². The number of nitrogens with zero attached hydrogens (tertiary/aromatic N) is 1. The first-order valence-corrected chi connectivity index (χ1v) is 7.73. The first-order valence-electron chi connectivity index (χ1n) is 5.45. The lowest BCUT2D eigenvalue weighted by Gasteiger charge is -2.09. The SMILES string of the molecule is Cc1cc(NS(=O)(=O)c2[nH]ncc2CN)ccc1Br. The molecule has 102 valence electrons. The maximum Gasteiger partial charge on any atom is 0.279 e. The van der Waals surface area contributed by atoms with Gasteiger partial charge in [0.05, 0.1) is 6.20 Å². The van der Waals surface area contributed by atoms with Gasteiger partial charge in [0.2, 0.25) is 0 Å². The van der Waals surface area contributed by atoms with Crippen molar-refractivity contribution >= 4 is 31.6 Å². The average molecular weight is 345 g/mol. The molecular weight excluding hydrogens is 332 g/mol. The first-order chi connectivity index (χ1) is 8.94. The highest BCUT2D eigenvalue weighted by Crippen LogP contribution is 2.22. The van der Waals surface area contributed by atoms with E-state index in [0.29, 0.717) is 11.3 Å². The molecule has 1 aromatic heterocycles. The monoisotopic (exact) mass is 344 g/mol. The van der Waals surface area contributed by atoms with Crippen LogP contribution in [0.15, 0.2) is 33.9 Å². The van der Waals surface area contributed by atoms with Crippen molar-refractivity contribution in [2.24, 2.45) is 5.73 Å². The lowest BCUT2D eigenvalue weighted by Crippen LogP contribution is -2.16. The van der Waals surface area contributed by atoms with Gasteiger partial charge in [-0.3, -0.25) is 9.82 Å². The number of nitrogens with two attached hydrogens (primary N) is 1. The Bertz CT molecular complexity index is 696. The summed E-state index contributed by atoms with van der Waals surface area (Å²) in [6, 6.07) is 5.19. The Labute approximate surface area is 119 Å². The van der Waals surface area contributed by atoms with E-state index in [-0.39, 0.29) is 11.6 Å². The fraction of sp³-hybridized carbons (Fsp3) is 0.182. The summed E-state index contributed by atoms with van der Waals surface area (Å²) in [5, 5.41) is 6.15. The second kappa shape index (κ2) is 5.32. The zero-order valence-electron chi connectivity index (χ0n) is 10.1. The van der Waals surface area contributed by atoms with Crippen LogP contribution in [-0.2, 0) is 16.6 Å². The minimum Gasteiger partial charge on any atom is -0.326 e. The molecule has 8 heteroatoms. The molecule has 2 aromatic rings. The molecule has 0 aliphatic carbocycles. The fourth-order valence-corrected chi connectivity index (χ4v) is 3.03. The van der Waals surface area contributed by atoms with Crippen molar-refractivity contribution in [1.29, 1.82) is 0 Å². The number of H-pyrrole nitrogens is 1. The van der Waals surface area contributed by atoms with Crippen molar-refractivity contribution < 1.29 is 8.42 Å². The van der Waals surface area contributed by atoms with Crippen molar-refractivity contribution in [2.45, 2.75) is 18.5 Å². The second-order valence-electron chi connectivity index (χ2n) is 4.00. The van der Waals surface area contributed by atoms with Crippen LogP contribution >= 0.6 is 15.9 Å². The number of hydrogen-bond acceptors (Lipinski definition) is 4. The highest BCUT2D eigenvalue weighted by atomic mass is 79.9. The van der Waals surface area contributed by atoms with Crippen LogP contribution in [-0.4, -0.2) is 18.6 Å². The summed E-state index contributed by atoms with van der Waals surface area (Å²) in [6.45, 7) is 1.98. The van der Waals surface area contributed by atoms with E-state index in [1.807, 2.05) is 6.92 Å². The maximum absolute atomic E-state index is 12.2. The molecule has 6 nitrogen and oxygen atoms in total. The Morgan fingerprint density at radius 3 is 2.84 bits per heavy atom. The molecule has 1 heterocycles. The number of benzene rings is 1.